The molecule has 0 saturated heterocycles. The molecule has 0 rings (SSSR count). The number of hydrogen-bond donors (Lipinski definition) is 0. The van der Waals surface area contributed by atoms with E-state index in [0.717, 1.165) is 13.2 Å². The van der Waals surface area contributed by atoms with Crippen LogP contribution in [0.3, 0.4) is 0 Å². The lowest BCUT2D eigenvalue weighted by Crippen LogP contribution is -2.14. The van der Waals surface area contributed by atoms with Crippen molar-refractivity contribution in [1.82, 2.24) is 0 Å². The van der Waals surface area contributed by atoms with E-state index in [2.05, 4.69) is 13.8 Å². The van der Waals surface area contributed by atoms with Gasteiger partial charge in [-0.1, -0.05) is 78.1 Å². The van der Waals surface area contributed by atoms with E-state index in [4.69, 9.17) is 9.47 Å². The van der Waals surface area contributed by atoms with Crippen molar-refractivity contribution in [3.05, 3.63) is 0 Å². The molecule has 20 heavy (non-hydrogen) atoms. The molecule has 0 bridgehead atoms. The first kappa shape index (κ1) is 19.9. The van der Waals surface area contributed by atoms with Gasteiger partial charge in [-0.2, -0.15) is 0 Å². The summed E-state index contributed by atoms with van der Waals surface area (Å²) in [6.45, 7) is 8.24. The summed E-state index contributed by atoms with van der Waals surface area (Å²) in [5.74, 6) is 0. The van der Waals surface area contributed by atoms with Crippen molar-refractivity contribution in [1.29, 1.82) is 0 Å². The van der Waals surface area contributed by atoms with Gasteiger partial charge in [-0.15, -0.1) is 0 Å². The zero-order chi connectivity index (χ0) is 14.9. The molecule has 0 spiro atoms. The van der Waals surface area contributed by atoms with Crippen LogP contribution in [0.25, 0.3) is 0 Å². The highest BCUT2D eigenvalue weighted by molar-refractivity contribution is 4.45. The minimum atomic E-state index is -0.0266. The Bertz CT molecular complexity index is 153. The fourth-order valence-electron chi connectivity index (χ4n) is 2.31. The standard InChI is InChI=1S/C18H38O2/c1-4-6-8-10-12-14-16-19-18(3)20-17-15-13-11-9-7-5-2/h18H,4-17H2,1-3H3. The highest BCUT2D eigenvalue weighted by atomic mass is 16.7. The molecule has 0 aromatic rings. The van der Waals surface area contributed by atoms with Gasteiger partial charge in [0.05, 0.1) is 0 Å². The first-order valence-electron chi connectivity index (χ1n) is 9.04. The van der Waals surface area contributed by atoms with Gasteiger partial charge in [0.2, 0.25) is 0 Å². The molecule has 0 aliphatic rings. The summed E-state index contributed by atoms with van der Waals surface area (Å²) < 4.78 is 11.3. The lowest BCUT2D eigenvalue weighted by Gasteiger charge is -2.14. The zero-order valence-electron chi connectivity index (χ0n) is 14.3. The van der Waals surface area contributed by atoms with Gasteiger partial charge in [0, 0.05) is 13.2 Å². The molecule has 122 valence electrons. The Morgan fingerprint density at radius 1 is 0.550 bits per heavy atom. The molecule has 0 aromatic heterocycles. The third-order valence-corrected chi connectivity index (χ3v) is 3.70. The molecule has 2 nitrogen and oxygen atoms in total. The molecule has 0 aliphatic heterocycles. The van der Waals surface area contributed by atoms with Crippen LogP contribution in [0, 0.1) is 0 Å². The van der Waals surface area contributed by atoms with Gasteiger partial charge >= 0.3 is 0 Å². The van der Waals surface area contributed by atoms with Crippen molar-refractivity contribution < 1.29 is 9.47 Å². The van der Waals surface area contributed by atoms with Crippen molar-refractivity contribution in [2.75, 3.05) is 13.2 Å². The van der Waals surface area contributed by atoms with Crippen LogP contribution in [-0.4, -0.2) is 19.5 Å². The van der Waals surface area contributed by atoms with Crippen molar-refractivity contribution >= 4 is 0 Å². The van der Waals surface area contributed by atoms with Crippen LogP contribution in [0.1, 0.15) is 97.8 Å². The average molecular weight is 286 g/mol. The molecule has 0 N–H and O–H groups in total. The molecule has 0 aliphatic carbocycles. The van der Waals surface area contributed by atoms with Crippen LogP contribution >= 0.6 is 0 Å². The molecule has 2 heteroatoms. The Morgan fingerprint density at radius 2 is 0.900 bits per heavy atom. The minimum absolute atomic E-state index is 0.0266. The Morgan fingerprint density at radius 3 is 1.30 bits per heavy atom. The van der Waals surface area contributed by atoms with Gasteiger partial charge in [-0.25, -0.2) is 0 Å². The SMILES string of the molecule is CCCCCCCCOC(C)OCCCCCCCC. The van der Waals surface area contributed by atoms with E-state index in [9.17, 15) is 0 Å². The van der Waals surface area contributed by atoms with Crippen LogP contribution in [0.5, 0.6) is 0 Å². The average Bonchev–Trinajstić information content (AvgIpc) is 2.45. The highest BCUT2D eigenvalue weighted by Gasteiger charge is 2.01. The van der Waals surface area contributed by atoms with E-state index in [1.54, 1.807) is 0 Å². The normalized spacial score (nSPS) is 11.4. The van der Waals surface area contributed by atoms with Gasteiger partial charge < -0.3 is 9.47 Å². The largest absolute Gasteiger partial charge is 0.353 e. The summed E-state index contributed by atoms with van der Waals surface area (Å²) in [5, 5.41) is 0. The predicted molar refractivity (Wildman–Crippen MR) is 88.1 cm³/mol. The van der Waals surface area contributed by atoms with Crippen molar-refractivity contribution in [2.24, 2.45) is 0 Å². The van der Waals surface area contributed by atoms with Gasteiger partial charge in [0.1, 0.15) is 0 Å². The maximum absolute atomic E-state index is 5.67. The molecule has 0 saturated carbocycles. The van der Waals surface area contributed by atoms with Crippen LogP contribution in [-0.2, 0) is 9.47 Å². The Balaban J connectivity index is 3.11. The quantitative estimate of drug-likeness (QED) is 0.252. The van der Waals surface area contributed by atoms with E-state index in [0.29, 0.717) is 0 Å². The van der Waals surface area contributed by atoms with Gasteiger partial charge in [-0.05, 0) is 19.8 Å². The van der Waals surface area contributed by atoms with Gasteiger partial charge in [0.25, 0.3) is 0 Å². The second-order valence-electron chi connectivity index (χ2n) is 5.84. The third-order valence-electron chi connectivity index (χ3n) is 3.70. The van der Waals surface area contributed by atoms with Crippen LogP contribution in [0.4, 0.5) is 0 Å². The highest BCUT2D eigenvalue weighted by Crippen LogP contribution is 2.07. The monoisotopic (exact) mass is 286 g/mol. The van der Waals surface area contributed by atoms with E-state index in [1.807, 2.05) is 6.92 Å². The summed E-state index contributed by atoms with van der Waals surface area (Å²) in [5.41, 5.74) is 0. The second kappa shape index (κ2) is 17.0. The van der Waals surface area contributed by atoms with E-state index in [-0.39, 0.29) is 6.29 Å². The lowest BCUT2D eigenvalue weighted by molar-refractivity contribution is -0.131. The number of rotatable bonds is 16. The molecule has 0 fully saturated rings. The number of hydrogen-bond acceptors (Lipinski definition) is 2. The summed E-state index contributed by atoms with van der Waals surface area (Å²) >= 11 is 0. The number of unbranched alkanes of at least 4 members (excludes halogenated alkanes) is 10. The van der Waals surface area contributed by atoms with E-state index in [1.165, 1.54) is 77.0 Å². The third kappa shape index (κ3) is 16.0. The number of ether oxygens (including phenoxy) is 2. The molecule has 0 atom stereocenters. The summed E-state index contributed by atoms with van der Waals surface area (Å²) in [4.78, 5) is 0. The minimum Gasteiger partial charge on any atom is -0.353 e. The van der Waals surface area contributed by atoms with Crippen molar-refractivity contribution in [2.45, 2.75) is 104 Å². The molecular formula is C18H38O2. The molecule has 0 amide bonds. The topological polar surface area (TPSA) is 18.5 Å². The second-order valence-corrected chi connectivity index (χ2v) is 5.84. The summed E-state index contributed by atoms with van der Waals surface area (Å²) in [7, 11) is 0. The summed E-state index contributed by atoms with van der Waals surface area (Å²) in [6.07, 6.45) is 15.8. The van der Waals surface area contributed by atoms with Crippen LogP contribution < -0.4 is 0 Å². The van der Waals surface area contributed by atoms with Gasteiger partial charge in [0.15, 0.2) is 6.29 Å². The fraction of sp³-hybridized carbons (Fsp3) is 1.00. The van der Waals surface area contributed by atoms with Crippen LogP contribution in [0.15, 0.2) is 0 Å². The fourth-order valence-corrected chi connectivity index (χ4v) is 2.31. The molecule has 0 radical (unpaired) electrons. The first-order chi connectivity index (χ1) is 9.81. The van der Waals surface area contributed by atoms with E-state index < -0.39 is 0 Å². The smallest absolute Gasteiger partial charge is 0.154 e. The van der Waals surface area contributed by atoms with Crippen molar-refractivity contribution in [3.8, 4) is 0 Å². The molecular weight excluding hydrogens is 248 g/mol. The Labute approximate surface area is 127 Å². The summed E-state index contributed by atoms with van der Waals surface area (Å²) in [6, 6.07) is 0. The zero-order valence-corrected chi connectivity index (χ0v) is 14.3. The van der Waals surface area contributed by atoms with E-state index >= 15 is 0 Å². The molecule has 0 heterocycles. The lowest BCUT2D eigenvalue weighted by atomic mass is 10.1. The van der Waals surface area contributed by atoms with Crippen LogP contribution in [0.2, 0.25) is 0 Å². The van der Waals surface area contributed by atoms with Gasteiger partial charge in [-0.3, -0.25) is 0 Å². The maximum Gasteiger partial charge on any atom is 0.154 e. The first-order valence-corrected chi connectivity index (χ1v) is 9.04. The molecule has 0 aromatic carbocycles. The predicted octanol–water partition coefficient (Wildman–Crippen LogP) is 6.09. The Hall–Kier alpha value is -0.0800. The maximum atomic E-state index is 5.67. The van der Waals surface area contributed by atoms with Crippen molar-refractivity contribution in [3.63, 3.8) is 0 Å². The Kier molecular flexibility index (Phi) is 16.9. The molecule has 0 unspecified atom stereocenters.